The zero-order chi connectivity index (χ0) is 17.7. The van der Waals surface area contributed by atoms with Gasteiger partial charge in [0.1, 0.15) is 12.1 Å². The van der Waals surface area contributed by atoms with Crippen molar-refractivity contribution in [2.75, 3.05) is 0 Å². The van der Waals surface area contributed by atoms with Crippen LogP contribution in [0.1, 0.15) is 45.6 Å². The number of carboxylic acid groups (broad SMARTS) is 1. The van der Waals surface area contributed by atoms with Crippen molar-refractivity contribution >= 4 is 12.1 Å². The lowest BCUT2D eigenvalue weighted by molar-refractivity contribution is -0.151. The van der Waals surface area contributed by atoms with Crippen molar-refractivity contribution in [2.24, 2.45) is 17.8 Å². The average molecular weight is 333 g/mol. The second kappa shape index (κ2) is 7.69. The van der Waals surface area contributed by atoms with E-state index in [0.717, 1.165) is 18.4 Å². The summed E-state index contributed by atoms with van der Waals surface area (Å²) >= 11 is 0. The first kappa shape index (κ1) is 18.3. The Bertz CT molecular complexity index is 572. The van der Waals surface area contributed by atoms with Gasteiger partial charge in [-0.15, -0.1) is 0 Å². The van der Waals surface area contributed by atoms with E-state index >= 15 is 0 Å². The highest BCUT2D eigenvalue weighted by Crippen LogP contribution is 2.41. The molecule has 24 heavy (non-hydrogen) atoms. The molecule has 0 aromatic heterocycles. The summed E-state index contributed by atoms with van der Waals surface area (Å²) in [5, 5.41) is 12.6. The first-order valence-electron chi connectivity index (χ1n) is 8.57. The molecule has 0 saturated heterocycles. The number of carbonyl (C=O) groups is 2. The number of hydrogen-bond donors (Lipinski definition) is 2. The molecule has 1 aromatic carbocycles. The molecular formula is C19H27NO4. The van der Waals surface area contributed by atoms with Gasteiger partial charge < -0.3 is 15.2 Å². The van der Waals surface area contributed by atoms with Crippen molar-refractivity contribution in [3.8, 4) is 0 Å². The second-order valence-electron chi connectivity index (χ2n) is 7.20. The van der Waals surface area contributed by atoms with Crippen LogP contribution < -0.4 is 5.32 Å². The summed E-state index contributed by atoms with van der Waals surface area (Å²) in [6.45, 7) is 6.18. The number of rotatable bonds is 5. The third-order valence-corrected chi connectivity index (χ3v) is 5.00. The number of carboxylic acids is 1. The Labute approximate surface area is 143 Å². The van der Waals surface area contributed by atoms with Gasteiger partial charge in [0, 0.05) is 0 Å². The van der Waals surface area contributed by atoms with Crippen LogP contribution in [0.15, 0.2) is 30.3 Å². The Morgan fingerprint density at radius 1 is 1.29 bits per heavy atom. The number of aliphatic carboxylic acids is 1. The predicted molar refractivity (Wildman–Crippen MR) is 91.5 cm³/mol. The zero-order valence-electron chi connectivity index (χ0n) is 14.6. The Kier molecular flexibility index (Phi) is 5.86. The molecule has 0 aliphatic heterocycles. The lowest BCUT2D eigenvalue weighted by Crippen LogP contribution is -2.63. The van der Waals surface area contributed by atoms with Gasteiger partial charge in [0.15, 0.2) is 0 Å². The highest BCUT2D eigenvalue weighted by molar-refractivity contribution is 5.85. The second-order valence-corrected chi connectivity index (χ2v) is 7.20. The molecule has 0 radical (unpaired) electrons. The van der Waals surface area contributed by atoms with Gasteiger partial charge in [0.25, 0.3) is 0 Å². The molecule has 0 bridgehead atoms. The first-order chi connectivity index (χ1) is 11.3. The van der Waals surface area contributed by atoms with Crippen molar-refractivity contribution in [3.05, 3.63) is 35.9 Å². The quantitative estimate of drug-likeness (QED) is 0.858. The van der Waals surface area contributed by atoms with Crippen molar-refractivity contribution in [2.45, 2.75) is 52.2 Å². The number of nitrogens with one attached hydrogen (secondary N) is 1. The summed E-state index contributed by atoms with van der Waals surface area (Å²) < 4.78 is 5.26. The van der Waals surface area contributed by atoms with Gasteiger partial charge >= 0.3 is 12.1 Å². The molecule has 1 aromatic rings. The van der Waals surface area contributed by atoms with Gasteiger partial charge in [-0.1, -0.05) is 57.5 Å². The molecule has 0 spiro atoms. The molecule has 1 fully saturated rings. The van der Waals surface area contributed by atoms with E-state index in [1.165, 1.54) is 0 Å². The third kappa shape index (κ3) is 4.08. The Morgan fingerprint density at radius 3 is 2.54 bits per heavy atom. The van der Waals surface area contributed by atoms with Crippen LogP contribution in [0.2, 0.25) is 0 Å². The molecule has 0 unspecified atom stereocenters. The van der Waals surface area contributed by atoms with Gasteiger partial charge in [0.05, 0.1) is 0 Å². The standard InChI is InChI=1S/C19H27NO4/c1-13(2)16-10-9-14(3)11-19(16,17(21)22)20-18(23)24-12-15-7-5-4-6-8-15/h4-8,13-14,16H,9-12H2,1-3H3,(H,20,23)(H,21,22)/t14-,16+,19+/m1/s1. The number of ether oxygens (including phenoxy) is 1. The molecule has 1 aliphatic carbocycles. The first-order valence-corrected chi connectivity index (χ1v) is 8.57. The molecule has 1 aliphatic rings. The number of carbonyl (C=O) groups excluding carboxylic acids is 1. The SMILES string of the molecule is CC(C)[C@@H]1CC[C@@H](C)C[C@@]1(NC(=O)OCc1ccccc1)C(=O)O. The molecule has 5 nitrogen and oxygen atoms in total. The summed E-state index contributed by atoms with van der Waals surface area (Å²) in [5.41, 5.74) is -0.381. The van der Waals surface area contributed by atoms with Crippen LogP contribution in [0.5, 0.6) is 0 Å². The maximum atomic E-state index is 12.3. The molecule has 5 heteroatoms. The van der Waals surface area contributed by atoms with Crippen LogP contribution in [0.4, 0.5) is 4.79 Å². The number of alkyl carbamates (subject to hydrolysis) is 1. The zero-order valence-corrected chi connectivity index (χ0v) is 14.6. The highest BCUT2D eigenvalue weighted by atomic mass is 16.5. The van der Waals surface area contributed by atoms with E-state index in [2.05, 4.69) is 5.32 Å². The fourth-order valence-electron chi connectivity index (χ4n) is 3.80. The van der Waals surface area contributed by atoms with Crippen molar-refractivity contribution in [1.82, 2.24) is 5.32 Å². The Balaban J connectivity index is 2.10. The van der Waals surface area contributed by atoms with E-state index in [4.69, 9.17) is 4.74 Å². The smallest absolute Gasteiger partial charge is 0.408 e. The fraction of sp³-hybridized carbons (Fsp3) is 0.579. The van der Waals surface area contributed by atoms with Gasteiger partial charge in [-0.3, -0.25) is 0 Å². The highest BCUT2D eigenvalue weighted by Gasteiger charge is 2.51. The van der Waals surface area contributed by atoms with Crippen LogP contribution in [0.3, 0.4) is 0 Å². The predicted octanol–water partition coefficient (Wildman–Crippen LogP) is 3.83. The molecule has 2 rings (SSSR count). The average Bonchev–Trinajstić information content (AvgIpc) is 2.53. The fourth-order valence-corrected chi connectivity index (χ4v) is 3.80. The van der Waals surface area contributed by atoms with Crippen LogP contribution >= 0.6 is 0 Å². The van der Waals surface area contributed by atoms with Gasteiger partial charge in [-0.25, -0.2) is 9.59 Å². The molecule has 1 amide bonds. The molecule has 0 heterocycles. The lowest BCUT2D eigenvalue weighted by Gasteiger charge is -2.45. The summed E-state index contributed by atoms with van der Waals surface area (Å²) in [6.07, 6.45) is 1.55. The summed E-state index contributed by atoms with van der Waals surface area (Å²) in [7, 11) is 0. The summed E-state index contributed by atoms with van der Waals surface area (Å²) in [5.74, 6) is -0.645. The minimum Gasteiger partial charge on any atom is -0.479 e. The molecular weight excluding hydrogens is 306 g/mol. The molecule has 2 N–H and O–H groups in total. The topological polar surface area (TPSA) is 75.6 Å². The molecule has 132 valence electrons. The van der Waals surface area contributed by atoms with Crippen LogP contribution in [0.25, 0.3) is 0 Å². The largest absolute Gasteiger partial charge is 0.479 e. The minimum atomic E-state index is -1.25. The van der Waals surface area contributed by atoms with Gasteiger partial charge in [-0.2, -0.15) is 0 Å². The molecule has 3 atom stereocenters. The Hall–Kier alpha value is -2.04. The van der Waals surface area contributed by atoms with Crippen molar-refractivity contribution < 1.29 is 19.4 Å². The lowest BCUT2D eigenvalue weighted by atomic mass is 9.65. The van der Waals surface area contributed by atoms with E-state index in [-0.39, 0.29) is 24.4 Å². The molecule has 1 saturated carbocycles. The van der Waals surface area contributed by atoms with E-state index in [0.29, 0.717) is 6.42 Å². The minimum absolute atomic E-state index is 0.101. The van der Waals surface area contributed by atoms with Crippen molar-refractivity contribution in [1.29, 1.82) is 0 Å². The van der Waals surface area contributed by atoms with E-state index < -0.39 is 17.6 Å². The summed E-state index contributed by atoms with van der Waals surface area (Å²) in [4.78, 5) is 24.3. The van der Waals surface area contributed by atoms with Gasteiger partial charge in [0.2, 0.25) is 0 Å². The van der Waals surface area contributed by atoms with E-state index in [1.54, 1.807) is 0 Å². The number of amides is 1. The van der Waals surface area contributed by atoms with Crippen molar-refractivity contribution in [3.63, 3.8) is 0 Å². The Morgan fingerprint density at radius 2 is 1.96 bits per heavy atom. The van der Waals surface area contributed by atoms with E-state index in [9.17, 15) is 14.7 Å². The van der Waals surface area contributed by atoms with Crippen LogP contribution in [-0.4, -0.2) is 22.7 Å². The number of benzene rings is 1. The normalized spacial score (nSPS) is 26.8. The third-order valence-electron chi connectivity index (χ3n) is 5.00. The number of hydrogen-bond acceptors (Lipinski definition) is 3. The van der Waals surface area contributed by atoms with Gasteiger partial charge in [-0.05, 0) is 36.2 Å². The maximum absolute atomic E-state index is 12.3. The van der Waals surface area contributed by atoms with E-state index in [1.807, 2.05) is 51.1 Å². The maximum Gasteiger partial charge on any atom is 0.408 e. The van der Waals surface area contributed by atoms with Crippen LogP contribution in [-0.2, 0) is 16.1 Å². The summed E-state index contributed by atoms with van der Waals surface area (Å²) in [6, 6.07) is 9.35. The monoisotopic (exact) mass is 333 g/mol. The van der Waals surface area contributed by atoms with Crippen LogP contribution in [0, 0.1) is 17.8 Å².